The fourth-order valence-corrected chi connectivity index (χ4v) is 3.37. The molecule has 1 saturated carbocycles. The van der Waals surface area contributed by atoms with Crippen molar-refractivity contribution < 1.29 is 18.8 Å². The highest BCUT2D eigenvalue weighted by atomic mass is 16.6. The summed E-state index contributed by atoms with van der Waals surface area (Å²) in [4.78, 5) is 22.5. The van der Waals surface area contributed by atoms with Gasteiger partial charge >= 0.3 is 5.97 Å². The first-order valence-corrected chi connectivity index (χ1v) is 9.31. The van der Waals surface area contributed by atoms with Gasteiger partial charge in [0.2, 0.25) is 0 Å². The quantitative estimate of drug-likeness (QED) is 0.410. The SMILES string of the molecule is COCC(=O)OCC1(c2onc(-c3ccc(N=O)cc3)c2-c2ccccc2)CC1. The lowest BCUT2D eigenvalue weighted by molar-refractivity contribution is -0.149. The zero-order chi connectivity index (χ0) is 20.3. The monoisotopic (exact) mass is 392 g/mol. The van der Waals surface area contributed by atoms with E-state index < -0.39 is 5.97 Å². The molecule has 4 rings (SSSR count). The summed E-state index contributed by atoms with van der Waals surface area (Å²) in [6.07, 6.45) is 1.69. The number of esters is 1. The van der Waals surface area contributed by atoms with Crippen LogP contribution in [0.3, 0.4) is 0 Å². The number of benzene rings is 2. The Morgan fingerprint density at radius 2 is 1.83 bits per heavy atom. The first-order chi connectivity index (χ1) is 14.2. The molecule has 0 saturated heterocycles. The third-order valence-corrected chi connectivity index (χ3v) is 5.11. The smallest absolute Gasteiger partial charge is 0.332 e. The average molecular weight is 392 g/mol. The Morgan fingerprint density at radius 3 is 2.45 bits per heavy atom. The van der Waals surface area contributed by atoms with Crippen molar-refractivity contribution in [1.82, 2.24) is 5.16 Å². The second-order valence-corrected chi connectivity index (χ2v) is 7.11. The summed E-state index contributed by atoms with van der Waals surface area (Å²) in [7, 11) is 1.45. The van der Waals surface area contributed by atoms with Crippen molar-refractivity contribution in [1.29, 1.82) is 0 Å². The molecule has 2 aromatic carbocycles. The van der Waals surface area contributed by atoms with Gasteiger partial charge in [0.1, 0.15) is 24.6 Å². The molecule has 0 aliphatic heterocycles. The normalized spacial score (nSPS) is 14.4. The van der Waals surface area contributed by atoms with Crippen LogP contribution in [0.15, 0.2) is 64.3 Å². The molecular formula is C22H20N2O5. The maximum atomic E-state index is 11.8. The van der Waals surface area contributed by atoms with Gasteiger partial charge in [0.15, 0.2) is 5.76 Å². The third kappa shape index (κ3) is 3.82. The summed E-state index contributed by atoms with van der Waals surface area (Å²) in [5.41, 5.74) is 3.30. The van der Waals surface area contributed by atoms with E-state index in [1.807, 2.05) is 30.3 Å². The van der Waals surface area contributed by atoms with Crippen LogP contribution in [0.25, 0.3) is 22.4 Å². The Hall–Kier alpha value is -3.32. The maximum Gasteiger partial charge on any atom is 0.332 e. The van der Waals surface area contributed by atoms with Gasteiger partial charge in [-0.15, -0.1) is 4.91 Å². The molecule has 0 unspecified atom stereocenters. The van der Waals surface area contributed by atoms with E-state index in [2.05, 4.69) is 10.3 Å². The molecule has 0 N–H and O–H groups in total. The predicted octanol–water partition coefficient (Wildman–Crippen LogP) is 4.63. The number of carbonyl (C=O) groups excluding carboxylic acids is 1. The van der Waals surface area contributed by atoms with E-state index in [1.165, 1.54) is 7.11 Å². The first kappa shape index (κ1) is 19.0. The second-order valence-electron chi connectivity index (χ2n) is 7.11. The zero-order valence-electron chi connectivity index (χ0n) is 16.0. The Morgan fingerprint density at radius 1 is 1.10 bits per heavy atom. The van der Waals surface area contributed by atoms with Crippen molar-refractivity contribution in [3.8, 4) is 22.4 Å². The third-order valence-electron chi connectivity index (χ3n) is 5.11. The van der Waals surface area contributed by atoms with Crippen molar-refractivity contribution in [2.24, 2.45) is 5.18 Å². The van der Waals surface area contributed by atoms with Crippen molar-refractivity contribution in [2.45, 2.75) is 18.3 Å². The first-order valence-electron chi connectivity index (χ1n) is 9.31. The number of ether oxygens (including phenoxy) is 2. The minimum Gasteiger partial charge on any atom is -0.463 e. The van der Waals surface area contributed by atoms with Gasteiger partial charge < -0.3 is 14.0 Å². The molecule has 148 valence electrons. The number of hydrogen-bond acceptors (Lipinski definition) is 7. The van der Waals surface area contributed by atoms with E-state index in [0.29, 0.717) is 17.1 Å². The van der Waals surface area contributed by atoms with Crippen molar-refractivity contribution >= 4 is 11.7 Å². The molecule has 0 radical (unpaired) electrons. The van der Waals surface area contributed by atoms with Crippen molar-refractivity contribution in [3.63, 3.8) is 0 Å². The van der Waals surface area contributed by atoms with E-state index in [0.717, 1.165) is 29.5 Å². The Labute approximate surface area is 167 Å². The van der Waals surface area contributed by atoms with Gasteiger partial charge in [0.25, 0.3) is 0 Å². The lowest BCUT2D eigenvalue weighted by atomic mass is 9.92. The number of rotatable bonds is 8. The summed E-state index contributed by atoms with van der Waals surface area (Å²) < 4.78 is 16.1. The summed E-state index contributed by atoms with van der Waals surface area (Å²) in [5.74, 6) is 0.304. The zero-order valence-corrected chi connectivity index (χ0v) is 16.0. The largest absolute Gasteiger partial charge is 0.463 e. The Bertz CT molecular complexity index is 1010. The number of hydrogen-bond donors (Lipinski definition) is 0. The Kier molecular flexibility index (Phi) is 5.22. The lowest BCUT2D eigenvalue weighted by Gasteiger charge is -2.14. The molecule has 0 amide bonds. The van der Waals surface area contributed by atoms with Crippen LogP contribution in [0.5, 0.6) is 0 Å². The van der Waals surface area contributed by atoms with Crippen LogP contribution < -0.4 is 0 Å². The molecule has 1 fully saturated rings. The minimum atomic E-state index is -0.406. The number of nitrogens with zero attached hydrogens (tertiary/aromatic N) is 2. The van der Waals surface area contributed by atoms with Gasteiger partial charge in [0.05, 0.1) is 11.0 Å². The van der Waals surface area contributed by atoms with Crippen molar-refractivity contribution in [2.75, 3.05) is 20.3 Å². The van der Waals surface area contributed by atoms with Gasteiger partial charge in [0, 0.05) is 12.7 Å². The lowest BCUT2D eigenvalue weighted by Crippen LogP contribution is -2.21. The fraction of sp³-hybridized carbons (Fsp3) is 0.273. The van der Waals surface area contributed by atoms with Gasteiger partial charge in [-0.25, -0.2) is 4.79 Å². The molecule has 1 aromatic heterocycles. The van der Waals surface area contributed by atoms with Crippen LogP contribution in [0.2, 0.25) is 0 Å². The van der Waals surface area contributed by atoms with E-state index in [9.17, 15) is 9.70 Å². The molecule has 7 heteroatoms. The number of nitroso groups, excluding NO2 is 1. The van der Waals surface area contributed by atoms with E-state index in [4.69, 9.17) is 14.0 Å². The summed E-state index contributed by atoms with van der Waals surface area (Å²) in [6, 6.07) is 16.7. The summed E-state index contributed by atoms with van der Waals surface area (Å²) >= 11 is 0. The van der Waals surface area contributed by atoms with Gasteiger partial charge in [-0.2, -0.15) is 0 Å². The van der Waals surface area contributed by atoms with Crippen LogP contribution in [-0.2, 0) is 19.7 Å². The molecule has 0 spiro atoms. The van der Waals surface area contributed by atoms with Gasteiger partial charge in [-0.1, -0.05) is 47.6 Å². The minimum absolute atomic E-state index is 0.0829. The van der Waals surface area contributed by atoms with E-state index >= 15 is 0 Å². The summed E-state index contributed by atoms with van der Waals surface area (Å²) in [6.45, 7) is 0.137. The molecule has 1 aliphatic rings. The number of aromatic nitrogens is 1. The average Bonchev–Trinajstić information content (AvgIpc) is 3.42. The van der Waals surface area contributed by atoms with Crippen molar-refractivity contribution in [3.05, 3.63) is 65.3 Å². The molecule has 3 aromatic rings. The van der Waals surface area contributed by atoms with Crippen LogP contribution in [0.1, 0.15) is 18.6 Å². The topological polar surface area (TPSA) is 91.0 Å². The van der Waals surface area contributed by atoms with Crippen LogP contribution in [-0.4, -0.2) is 31.4 Å². The fourth-order valence-electron chi connectivity index (χ4n) is 3.37. The van der Waals surface area contributed by atoms with E-state index in [-0.39, 0.29) is 18.6 Å². The summed E-state index contributed by atoms with van der Waals surface area (Å²) in [5, 5.41) is 7.28. The highest BCUT2D eigenvalue weighted by molar-refractivity contribution is 5.83. The van der Waals surface area contributed by atoms with Gasteiger partial charge in [-0.3, -0.25) is 0 Å². The second kappa shape index (κ2) is 7.97. The number of methoxy groups -OCH3 is 1. The van der Waals surface area contributed by atoms with E-state index in [1.54, 1.807) is 24.3 Å². The maximum absolute atomic E-state index is 11.8. The highest BCUT2D eigenvalue weighted by Crippen LogP contribution is 2.53. The number of carbonyl (C=O) groups is 1. The van der Waals surface area contributed by atoms with Crippen LogP contribution >= 0.6 is 0 Å². The molecule has 0 atom stereocenters. The molecule has 29 heavy (non-hydrogen) atoms. The highest BCUT2D eigenvalue weighted by Gasteiger charge is 2.51. The Balaban J connectivity index is 1.74. The predicted molar refractivity (Wildman–Crippen MR) is 107 cm³/mol. The molecule has 7 nitrogen and oxygen atoms in total. The molecule has 1 aliphatic carbocycles. The van der Waals surface area contributed by atoms with Crippen LogP contribution in [0, 0.1) is 4.91 Å². The standard InChI is InChI=1S/C22H20N2O5/c1-27-13-18(25)28-14-22(11-12-22)21-19(15-5-3-2-4-6-15)20(24-29-21)16-7-9-17(23-26)10-8-16/h2-10H,11-14H2,1H3. The molecule has 1 heterocycles. The molecule has 0 bridgehead atoms. The molecular weight excluding hydrogens is 372 g/mol. The van der Waals surface area contributed by atoms with Crippen LogP contribution in [0.4, 0.5) is 5.69 Å². The van der Waals surface area contributed by atoms with Gasteiger partial charge in [-0.05, 0) is 35.7 Å².